The molecule has 0 heterocycles. The Bertz CT molecular complexity index is 497. The van der Waals surface area contributed by atoms with Gasteiger partial charge in [-0.3, -0.25) is 4.79 Å². The fourth-order valence-electron chi connectivity index (χ4n) is 1.17. The van der Waals surface area contributed by atoms with Crippen molar-refractivity contribution in [1.29, 1.82) is 0 Å². The van der Waals surface area contributed by atoms with Crippen LogP contribution in [0, 0.1) is 6.92 Å². The predicted molar refractivity (Wildman–Crippen MR) is 62.7 cm³/mol. The van der Waals surface area contributed by atoms with E-state index in [4.69, 9.17) is 21.7 Å². The van der Waals surface area contributed by atoms with E-state index < -0.39 is 17.5 Å². The number of hydrogen-bond donors (Lipinski definition) is 4. The predicted octanol–water partition coefficient (Wildman–Crippen LogP) is 0.869. The molecule has 17 heavy (non-hydrogen) atoms. The summed E-state index contributed by atoms with van der Waals surface area (Å²) in [6.07, 6.45) is 0.603. The smallest absolute Gasteiger partial charge is 0.371 e. The number of aliphatic hydroxyl groups excluding tert-OH is 1. The molecule has 6 nitrogen and oxygen atoms in total. The van der Waals surface area contributed by atoms with Crippen LogP contribution in [0.4, 0.5) is 11.4 Å². The van der Waals surface area contributed by atoms with Gasteiger partial charge in [-0.15, -0.1) is 0 Å². The van der Waals surface area contributed by atoms with Crippen LogP contribution in [-0.4, -0.2) is 22.0 Å². The van der Waals surface area contributed by atoms with Gasteiger partial charge in [-0.05, 0) is 24.6 Å². The van der Waals surface area contributed by atoms with E-state index in [0.29, 0.717) is 23.0 Å². The number of benzene rings is 1. The summed E-state index contributed by atoms with van der Waals surface area (Å²) in [5.74, 6) is -3.29. The number of carboxylic acid groups (broad SMARTS) is 1. The quantitative estimate of drug-likeness (QED) is 0.267. The molecule has 0 atom stereocenters. The van der Waals surface area contributed by atoms with Crippen molar-refractivity contribution in [2.45, 2.75) is 6.92 Å². The monoisotopic (exact) mass is 236 g/mol. The highest BCUT2D eigenvalue weighted by atomic mass is 16.4. The lowest BCUT2D eigenvalue weighted by molar-refractivity contribution is -0.135. The normalized spacial score (nSPS) is 11.2. The van der Waals surface area contributed by atoms with Crippen molar-refractivity contribution in [2.75, 3.05) is 11.5 Å². The van der Waals surface area contributed by atoms with E-state index in [1.54, 1.807) is 6.92 Å². The second-order valence-corrected chi connectivity index (χ2v) is 3.48. The first-order valence-electron chi connectivity index (χ1n) is 4.66. The summed E-state index contributed by atoms with van der Waals surface area (Å²) in [5.41, 5.74) is 12.7. The Morgan fingerprint density at radius 1 is 1.18 bits per heavy atom. The summed E-state index contributed by atoms with van der Waals surface area (Å²) in [6, 6.07) is 2.75. The number of allylic oxidation sites excluding steroid dienone is 1. The molecule has 0 bridgehead atoms. The van der Waals surface area contributed by atoms with Crippen molar-refractivity contribution in [3.8, 4) is 0 Å². The summed E-state index contributed by atoms with van der Waals surface area (Å²) in [6.45, 7) is 1.70. The first kappa shape index (κ1) is 12.6. The van der Waals surface area contributed by atoms with E-state index in [1.165, 1.54) is 12.1 Å². The Hall–Kier alpha value is -2.50. The third kappa shape index (κ3) is 2.75. The topological polar surface area (TPSA) is 127 Å². The summed E-state index contributed by atoms with van der Waals surface area (Å²) in [5, 5.41) is 17.3. The number of ketones is 1. The minimum absolute atomic E-state index is 0.124. The van der Waals surface area contributed by atoms with Crippen LogP contribution in [0.15, 0.2) is 24.0 Å². The second kappa shape index (κ2) is 4.56. The molecule has 90 valence electrons. The zero-order valence-electron chi connectivity index (χ0n) is 9.10. The van der Waals surface area contributed by atoms with Crippen molar-refractivity contribution in [3.05, 3.63) is 35.1 Å². The lowest BCUT2D eigenvalue weighted by atomic mass is 10.0. The third-order valence-corrected chi connectivity index (χ3v) is 2.26. The number of aliphatic carboxylic acids is 1. The number of rotatable bonds is 3. The van der Waals surface area contributed by atoms with Crippen molar-refractivity contribution in [3.63, 3.8) is 0 Å². The van der Waals surface area contributed by atoms with Gasteiger partial charge in [0.1, 0.15) is 0 Å². The van der Waals surface area contributed by atoms with Gasteiger partial charge in [0.15, 0.2) is 5.78 Å². The van der Waals surface area contributed by atoms with Gasteiger partial charge >= 0.3 is 5.97 Å². The molecule has 1 aromatic carbocycles. The van der Waals surface area contributed by atoms with Gasteiger partial charge in [-0.25, -0.2) is 4.79 Å². The maximum atomic E-state index is 11.6. The average molecular weight is 236 g/mol. The van der Waals surface area contributed by atoms with E-state index in [2.05, 4.69) is 0 Å². The number of aliphatic hydroxyl groups is 1. The highest BCUT2D eigenvalue weighted by Crippen LogP contribution is 2.21. The summed E-state index contributed by atoms with van der Waals surface area (Å²) in [7, 11) is 0. The maximum absolute atomic E-state index is 11.6. The molecule has 0 aliphatic carbocycles. The van der Waals surface area contributed by atoms with Gasteiger partial charge in [-0.1, -0.05) is 0 Å². The molecule has 0 aliphatic heterocycles. The van der Waals surface area contributed by atoms with Crippen LogP contribution in [0.1, 0.15) is 15.9 Å². The number of carbonyl (C=O) groups excluding carboxylic acids is 1. The maximum Gasteiger partial charge on any atom is 0.371 e. The molecular weight excluding hydrogens is 224 g/mol. The van der Waals surface area contributed by atoms with Gasteiger partial charge in [-0.2, -0.15) is 0 Å². The number of hydrogen-bond acceptors (Lipinski definition) is 5. The molecule has 0 spiro atoms. The highest BCUT2D eigenvalue weighted by Gasteiger charge is 2.11. The van der Waals surface area contributed by atoms with Crippen LogP contribution in [-0.2, 0) is 4.79 Å². The summed E-state index contributed by atoms with van der Waals surface area (Å²) in [4.78, 5) is 21.9. The Morgan fingerprint density at radius 3 is 2.06 bits per heavy atom. The average Bonchev–Trinajstić information content (AvgIpc) is 2.24. The Balaban J connectivity index is 3.15. The van der Waals surface area contributed by atoms with Crippen molar-refractivity contribution < 1.29 is 19.8 Å². The summed E-state index contributed by atoms with van der Waals surface area (Å²) >= 11 is 0. The lowest BCUT2D eigenvalue weighted by Crippen LogP contribution is -2.06. The van der Waals surface area contributed by atoms with E-state index >= 15 is 0 Å². The molecule has 1 rings (SSSR count). The van der Waals surface area contributed by atoms with Gasteiger partial charge in [0.2, 0.25) is 5.76 Å². The number of carboxylic acids is 1. The minimum atomic E-state index is -1.58. The lowest BCUT2D eigenvalue weighted by Gasteiger charge is -2.06. The van der Waals surface area contributed by atoms with Crippen molar-refractivity contribution in [2.24, 2.45) is 0 Å². The Morgan fingerprint density at radius 2 is 1.65 bits per heavy atom. The SMILES string of the molecule is Cc1c(N)cc(C(=O)/C=C(\O)C(=O)O)cc1N. The number of nitrogens with two attached hydrogens (primary N) is 2. The number of nitrogen functional groups attached to an aromatic ring is 2. The van der Waals surface area contributed by atoms with E-state index in [0.717, 1.165) is 0 Å². The molecule has 6 N–H and O–H groups in total. The molecule has 0 saturated heterocycles. The second-order valence-electron chi connectivity index (χ2n) is 3.48. The Kier molecular flexibility index (Phi) is 3.37. The van der Waals surface area contributed by atoms with E-state index in [1.807, 2.05) is 0 Å². The van der Waals surface area contributed by atoms with Crippen LogP contribution in [0.5, 0.6) is 0 Å². The standard InChI is InChI=1S/C11H12N2O4/c1-5-7(12)2-6(3-8(5)13)9(14)4-10(15)11(16)17/h2-4,15H,12-13H2,1H3,(H,16,17)/b10-4-. The van der Waals surface area contributed by atoms with Gasteiger partial charge in [0, 0.05) is 23.0 Å². The van der Waals surface area contributed by atoms with Crippen molar-refractivity contribution >= 4 is 23.1 Å². The molecule has 0 fully saturated rings. The molecule has 1 aromatic rings. The largest absolute Gasteiger partial charge is 0.502 e. The van der Waals surface area contributed by atoms with Crippen LogP contribution in [0.3, 0.4) is 0 Å². The molecule has 6 heteroatoms. The van der Waals surface area contributed by atoms with E-state index in [9.17, 15) is 9.59 Å². The molecule has 0 saturated carbocycles. The van der Waals surface area contributed by atoms with Crippen LogP contribution in [0.25, 0.3) is 0 Å². The fraction of sp³-hybridized carbons (Fsp3) is 0.0909. The van der Waals surface area contributed by atoms with E-state index in [-0.39, 0.29) is 5.56 Å². The molecular formula is C11H12N2O4. The summed E-state index contributed by atoms with van der Waals surface area (Å²) < 4.78 is 0. The number of carbonyl (C=O) groups is 2. The molecule has 0 amide bonds. The van der Waals surface area contributed by atoms with Crippen LogP contribution < -0.4 is 11.5 Å². The molecule has 0 radical (unpaired) electrons. The van der Waals surface area contributed by atoms with Gasteiger partial charge in [0.25, 0.3) is 0 Å². The van der Waals surface area contributed by atoms with Crippen molar-refractivity contribution in [1.82, 2.24) is 0 Å². The first-order valence-corrected chi connectivity index (χ1v) is 4.66. The minimum Gasteiger partial charge on any atom is -0.502 e. The number of anilines is 2. The Labute approximate surface area is 97.2 Å². The van der Waals surface area contributed by atoms with Gasteiger partial charge in [0.05, 0.1) is 0 Å². The third-order valence-electron chi connectivity index (χ3n) is 2.26. The van der Waals surface area contributed by atoms with Crippen LogP contribution in [0.2, 0.25) is 0 Å². The first-order chi connectivity index (χ1) is 7.82. The molecule has 0 unspecified atom stereocenters. The molecule has 0 aromatic heterocycles. The highest BCUT2D eigenvalue weighted by molar-refractivity contribution is 6.08. The molecule has 0 aliphatic rings. The fourth-order valence-corrected chi connectivity index (χ4v) is 1.17. The zero-order chi connectivity index (χ0) is 13.2. The zero-order valence-corrected chi connectivity index (χ0v) is 9.10. The van der Waals surface area contributed by atoms with Crippen LogP contribution >= 0.6 is 0 Å². The van der Waals surface area contributed by atoms with Gasteiger partial charge < -0.3 is 21.7 Å².